The van der Waals surface area contributed by atoms with Gasteiger partial charge in [0, 0.05) is 43.6 Å². The fourth-order valence-corrected chi connectivity index (χ4v) is 4.77. The Morgan fingerprint density at radius 1 is 1.22 bits per heavy atom. The van der Waals surface area contributed by atoms with Crippen LogP contribution in [0, 0.1) is 0 Å². The molecule has 0 radical (unpaired) electrons. The first kappa shape index (κ1) is 11.3. The van der Waals surface area contributed by atoms with Crippen molar-refractivity contribution in [3.8, 4) is 0 Å². The normalized spacial score (nSPS) is 38.7. The van der Waals surface area contributed by atoms with Crippen molar-refractivity contribution in [1.29, 1.82) is 0 Å². The van der Waals surface area contributed by atoms with Crippen LogP contribution in [0.5, 0.6) is 0 Å². The quantitative estimate of drug-likeness (QED) is 0.826. The summed E-state index contributed by atoms with van der Waals surface area (Å²) < 4.78 is 0. The molecule has 1 aromatic heterocycles. The van der Waals surface area contributed by atoms with Crippen LogP contribution in [0.3, 0.4) is 0 Å². The Hall–Kier alpha value is -0.490. The highest BCUT2D eigenvalue weighted by Crippen LogP contribution is 2.37. The lowest BCUT2D eigenvalue weighted by Crippen LogP contribution is -2.56. The van der Waals surface area contributed by atoms with E-state index in [0.717, 1.165) is 6.42 Å². The number of aryl methyl sites for hydroxylation is 1. The van der Waals surface area contributed by atoms with Crippen LogP contribution in [0.25, 0.3) is 0 Å². The first-order valence-electron chi connectivity index (χ1n) is 7.03. The van der Waals surface area contributed by atoms with Crippen molar-refractivity contribution in [2.45, 2.75) is 31.3 Å². The summed E-state index contributed by atoms with van der Waals surface area (Å²) in [6, 6.07) is 0.727. The van der Waals surface area contributed by atoms with Crippen LogP contribution < -0.4 is 5.73 Å². The number of rotatable bonds is 1. The standard InChI is InChI=1S/C13H20N4S/c14-9-2-1-3-11-12(9)15-13(18-11)10-8-16-4-6-17(10)7-5-16/h9-10H,1-8,14H2. The highest BCUT2D eigenvalue weighted by Gasteiger charge is 2.35. The number of hydrogen-bond acceptors (Lipinski definition) is 5. The SMILES string of the molecule is NC1CCCc2sc(C3CN4CCN3CC4)nc21. The third-order valence-electron chi connectivity index (χ3n) is 4.58. The summed E-state index contributed by atoms with van der Waals surface area (Å²) in [5, 5.41) is 1.32. The van der Waals surface area contributed by atoms with Gasteiger partial charge in [-0.25, -0.2) is 4.98 Å². The molecule has 0 aromatic carbocycles. The predicted molar refractivity (Wildman–Crippen MR) is 72.7 cm³/mol. The maximum absolute atomic E-state index is 6.19. The molecule has 2 unspecified atom stereocenters. The molecule has 2 N–H and O–H groups in total. The monoisotopic (exact) mass is 264 g/mol. The minimum absolute atomic E-state index is 0.190. The third kappa shape index (κ3) is 1.72. The van der Waals surface area contributed by atoms with Crippen LogP contribution in [-0.2, 0) is 6.42 Å². The van der Waals surface area contributed by atoms with Gasteiger partial charge < -0.3 is 5.73 Å². The molecule has 1 aromatic rings. The zero-order chi connectivity index (χ0) is 12.1. The summed E-state index contributed by atoms with van der Waals surface area (Å²) in [6.07, 6.45) is 3.53. The summed E-state index contributed by atoms with van der Waals surface area (Å²) >= 11 is 1.93. The molecule has 4 heterocycles. The fourth-order valence-electron chi connectivity index (χ4n) is 3.46. The molecule has 3 aliphatic heterocycles. The minimum atomic E-state index is 0.190. The van der Waals surface area contributed by atoms with E-state index in [4.69, 9.17) is 10.7 Å². The molecule has 5 rings (SSSR count). The van der Waals surface area contributed by atoms with E-state index in [-0.39, 0.29) is 6.04 Å². The molecule has 4 nitrogen and oxygen atoms in total. The van der Waals surface area contributed by atoms with Crippen LogP contribution in [-0.4, -0.2) is 47.5 Å². The minimum Gasteiger partial charge on any atom is -0.323 e. The lowest BCUT2D eigenvalue weighted by atomic mass is 9.98. The Kier molecular flexibility index (Phi) is 2.69. The van der Waals surface area contributed by atoms with Gasteiger partial charge >= 0.3 is 0 Å². The first-order valence-corrected chi connectivity index (χ1v) is 7.84. The number of nitrogens with zero attached hydrogens (tertiary/aromatic N) is 3. The van der Waals surface area contributed by atoms with Crippen LogP contribution in [0.4, 0.5) is 0 Å². The van der Waals surface area contributed by atoms with Crippen LogP contribution >= 0.6 is 11.3 Å². The van der Waals surface area contributed by atoms with E-state index in [2.05, 4.69) is 9.80 Å². The number of aromatic nitrogens is 1. The molecule has 2 bridgehead atoms. The number of fused-ring (bicyclic) bond motifs is 4. The van der Waals surface area contributed by atoms with E-state index in [1.807, 2.05) is 11.3 Å². The van der Waals surface area contributed by atoms with Gasteiger partial charge in [-0.1, -0.05) is 0 Å². The van der Waals surface area contributed by atoms with Gasteiger partial charge in [-0.15, -0.1) is 11.3 Å². The molecular weight excluding hydrogens is 244 g/mol. The Balaban J connectivity index is 1.65. The van der Waals surface area contributed by atoms with Gasteiger partial charge in [0.15, 0.2) is 0 Å². The van der Waals surface area contributed by atoms with Gasteiger partial charge in [0.1, 0.15) is 5.01 Å². The average Bonchev–Trinajstić information content (AvgIpc) is 2.85. The predicted octanol–water partition coefficient (Wildman–Crippen LogP) is 1.15. The molecule has 0 amide bonds. The van der Waals surface area contributed by atoms with E-state index in [1.54, 1.807) is 0 Å². The molecule has 18 heavy (non-hydrogen) atoms. The molecule has 1 aliphatic carbocycles. The molecule has 98 valence electrons. The molecule has 3 saturated heterocycles. The number of piperazine rings is 3. The maximum Gasteiger partial charge on any atom is 0.112 e. The van der Waals surface area contributed by atoms with Crippen molar-refractivity contribution in [2.24, 2.45) is 5.73 Å². The Labute approximate surface area is 112 Å². The Morgan fingerprint density at radius 2 is 2.06 bits per heavy atom. The topological polar surface area (TPSA) is 45.4 Å². The van der Waals surface area contributed by atoms with Crippen molar-refractivity contribution in [2.75, 3.05) is 32.7 Å². The van der Waals surface area contributed by atoms with E-state index in [1.165, 1.54) is 61.1 Å². The lowest BCUT2D eigenvalue weighted by molar-refractivity contribution is 0.0122. The summed E-state index contributed by atoms with van der Waals surface area (Å²) in [5.41, 5.74) is 7.39. The summed E-state index contributed by atoms with van der Waals surface area (Å²) in [6.45, 7) is 6.06. The number of hydrogen-bond donors (Lipinski definition) is 1. The fraction of sp³-hybridized carbons (Fsp3) is 0.769. The molecule has 5 heteroatoms. The van der Waals surface area contributed by atoms with Gasteiger partial charge in [0.05, 0.1) is 11.7 Å². The van der Waals surface area contributed by atoms with Gasteiger partial charge in [0.2, 0.25) is 0 Å². The Bertz CT molecular complexity index is 450. The average molecular weight is 264 g/mol. The molecule has 2 atom stereocenters. The smallest absolute Gasteiger partial charge is 0.112 e. The highest BCUT2D eigenvalue weighted by molar-refractivity contribution is 7.11. The second kappa shape index (κ2) is 4.27. The lowest BCUT2D eigenvalue weighted by Gasteiger charge is -2.46. The number of nitrogens with two attached hydrogens (primary N) is 1. The number of thiazole rings is 1. The van der Waals surface area contributed by atoms with E-state index in [9.17, 15) is 0 Å². The molecule has 3 fully saturated rings. The highest BCUT2D eigenvalue weighted by atomic mass is 32.1. The zero-order valence-electron chi connectivity index (χ0n) is 10.6. The molecular formula is C13H20N4S. The van der Waals surface area contributed by atoms with Crippen LogP contribution in [0.2, 0.25) is 0 Å². The van der Waals surface area contributed by atoms with Gasteiger partial charge in [-0.2, -0.15) is 0 Å². The Morgan fingerprint density at radius 3 is 2.72 bits per heavy atom. The van der Waals surface area contributed by atoms with E-state index >= 15 is 0 Å². The van der Waals surface area contributed by atoms with Crippen molar-refractivity contribution in [3.63, 3.8) is 0 Å². The molecule has 4 aliphatic rings. The second-order valence-corrected chi connectivity index (χ2v) is 6.83. The van der Waals surface area contributed by atoms with Gasteiger partial charge in [-0.3, -0.25) is 9.80 Å². The van der Waals surface area contributed by atoms with Crippen molar-refractivity contribution >= 4 is 11.3 Å². The molecule has 0 saturated carbocycles. The summed E-state index contributed by atoms with van der Waals surface area (Å²) in [7, 11) is 0. The van der Waals surface area contributed by atoms with Crippen molar-refractivity contribution < 1.29 is 0 Å². The largest absolute Gasteiger partial charge is 0.323 e. The maximum atomic E-state index is 6.19. The van der Waals surface area contributed by atoms with Gasteiger partial charge in [-0.05, 0) is 19.3 Å². The van der Waals surface area contributed by atoms with Crippen LogP contribution in [0.15, 0.2) is 0 Å². The zero-order valence-corrected chi connectivity index (χ0v) is 11.5. The summed E-state index contributed by atoms with van der Waals surface area (Å²) in [4.78, 5) is 11.5. The van der Waals surface area contributed by atoms with E-state index in [0.29, 0.717) is 6.04 Å². The molecule has 0 spiro atoms. The van der Waals surface area contributed by atoms with E-state index < -0.39 is 0 Å². The van der Waals surface area contributed by atoms with Crippen LogP contribution in [0.1, 0.15) is 40.5 Å². The second-order valence-electron chi connectivity index (χ2n) is 5.71. The summed E-state index contributed by atoms with van der Waals surface area (Å²) in [5.74, 6) is 0. The van der Waals surface area contributed by atoms with Crippen molar-refractivity contribution in [3.05, 3.63) is 15.6 Å². The first-order chi connectivity index (χ1) is 8.81. The van der Waals surface area contributed by atoms with Crippen molar-refractivity contribution in [1.82, 2.24) is 14.8 Å². The van der Waals surface area contributed by atoms with Gasteiger partial charge in [0.25, 0.3) is 0 Å². The third-order valence-corrected chi connectivity index (χ3v) is 5.81.